The predicted molar refractivity (Wildman–Crippen MR) is 42.1 cm³/mol. The molecule has 71 valence electrons. The molecular weight excluding hydrogens is 172 g/mol. The van der Waals surface area contributed by atoms with Crippen molar-refractivity contribution < 1.29 is 19.0 Å². The second kappa shape index (κ2) is 3.49. The molecule has 0 aliphatic carbocycles. The number of ether oxygens (including phenoxy) is 2. The van der Waals surface area contributed by atoms with Crippen molar-refractivity contribution in [3.63, 3.8) is 0 Å². The van der Waals surface area contributed by atoms with E-state index < -0.39 is 5.97 Å². The number of hydrogen-bond donors (Lipinski definition) is 0. The maximum Gasteiger partial charge on any atom is 0.312 e. The first-order valence-corrected chi connectivity index (χ1v) is 4.29. The van der Waals surface area contributed by atoms with Gasteiger partial charge in [-0.1, -0.05) is 0 Å². The SMILES string of the molecule is [O]C1(OCc2ccco2)CCCO1. The molecule has 2 heterocycles. The average molecular weight is 183 g/mol. The van der Waals surface area contributed by atoms with E-state index >= 15 is 0 Å². The summed E-state index contributed by atoms with van der Waals surface area (Å²) in [5, 5.41) is 11.5. The van der Waals surface area contributed by atoms with Gasteiger partial charge >= 0.3 is 5.97 Å². The summed E-state index contributed by atoms with van der Waals surface area (Å²) in [6.45, 7) is 0.665. The highest BCUT2D eigenvalue weighted by atomic mass is 16.8. The Balaban J connectivity index is 1.85. The predicted octanol–water partition coefficient (Wildman–Crippen LogP) is 1.69. The quantitative estimate of drug-likeness (QED) is 0.670. The van der Waals surface area contributed by atoms with Crippen LogP contribution in [0.25, 0.3) is 0 Å². The molecule has 0 bridgehead atoms. The molecule has 0 spiro atoms. The van der Waals surface area contributed by atoms with E-state index in [1.165, 1.54) is 0 Å². The molecule has 1 unspecified atom stereocenters. The lowest BCUT2D eigenvalue weighted by Gasteiger charge is -2.17. The van der Waals surface area contributed by atoms with Crippen molar-refractivity contribution in [2.24, 2.45) is 0 Å². The van der Waals surface area contributed by atoms with Crippen molar-refractivity contribution in [3.05, 3.63) is 24.2 Å². The van der Waals surface area contributed by atoms with Crippen molar-refractivity contribution in [3.8, 4) is 0 Å². The summed E-state index contributed by atoms with van der Waals surface area (Å²) in [5.74, 6) is -1.00. The zero-order valence-electron chi connectivity index (χ0n) is 7.19. The standard InChI is InChI=1S/C9H11O4/c10-9(4-2-6-12-9)13-7-8-3-1-5-11-8/h1,3,5H,2,4,6-7H2. The molecule has 1 aromatic rings. The van der Waals surface area contributed by atoms with Crippen LogP contribution in [0.4, 0.5) is 0 Å². The van der Waals surface area contributed by atoms with E-state index in [-0.39, 0.29) is 6.61 Å². The smallest absolute Gasteiger partial charge is 0.312 e. The molecule has 1 fully saturated rings. The average Bonchev–Trinajstić information content (AvgIpc) is 2.72. The first-order valence-electron chi connectivity index (χ1n) is 4.29. The topological polar surface area (TPSA) is 51.5 Å². The Morgan fingerprint density at radius 3 is 3.15 bits per heavy atom. The second-order valence-electron chi connectivity index (χ2n) is 3.00. The van der Waals surface area contributed by atoms with Crippen LogP contribution in [-0.4, -0.2) is 12.6 Å². The Labute approximate surface area is 76.1 Å². The third-order valence-electron chi connectivity index (χ3n) is 1.96. The summed E-state index contributed by atoms with van der Waals surface area (Å²) in [4.78, 5) is 0. The second-order valence-corrected chi connectivity index (χ2v) is 3.00. The van der Waals surface area contributed by atoms with Gasteiger partial charge in [0.2, 0.25) is 0 Å². The summed E-state index contributed by atoms with van der Waals surface area (Å²) in [5.41, 5.74) is 0. The minimum Gasteiger partial charge on any atom is -0.467 e. The van der Waals surface area contributed by atoms with Gasteiger partial charge in [0.25, 0.3) is 0 Å². The van der Waals surface area contributed by atoms with Gasteiger partial charge in [-0.3, -0.25) is 0 Å². The van der Waals surface area contributed by atoms with Crippen LogP contribution in [0.5, 0.6) is 0 Å². The highest BCUT2D eigenvalue weighted by Gasteiger charge is 2.36. The fraction of sp³-hybridized carbons (Fsp3) is 0.556. The van der Waals surface area contributed by atoms with Gasteiger partial charge in [0.05, 0.1) is 12.9 Å². The minimum atomic E-state index is -1.65. The molecule has 1 aromatic heterocycles. The summed E-state index contributed by atoms with van der Waals surface area (Å²) in [6.07, 6.45) is 2.72. The van der Waals surface area contributed by atoms with Crippen LogP contribution in [0.3, 0.4) is 0 Å². The van der Waals surface area contributed by atoms with Crippen molar-refractivity contribution in [2.75, 3.05) is 6.61 Å². The molecule has 0 N–H and O–H groups in total. The molecule has 0 saturated carbocycles. The van der Waals surface area contributed by atoms with E-state index in [4.69, 9.17) is 13.9 Å². The van der Waals surface area contributed by atoms with Crippen molar-refractivity contribution >= 4 is 0 Å². The third-order valence-corrected chi connectivity index (χ3v) is 1.96. The lowest BCUT2D eigenvalue weighted by molar-refractivity contribution is -0.373. The molecule has 1 saturated heterocycles. The van der Waals surface area contributed by atoms with Crippen LogP contribution < -0.4 is 0 Å². The maximum absolute atomic E-state index is 11.5. The summed E-state index contributed by atoms with van der Waals surface area (Å²) in [7, 11) is 0. The first kappa shape index (κ1) is 8.74. The van der Waals surface area contributed by atoms with Crippen molar-refractivity contribution in [2.45, 2.75) is 25.4 Å². The largest absolute Gasteiger partial charge is 0.467 e. The van der Waals surface area contributed by atoms with E-state index in [1.54, 1.807) is 18.4 Å². The van der Waals surface area contributed by atoms with Crippen molar-refractivity contribution in [1.82, 2.24) is 0 Å². The fourth-order valence-corrected chi connectivity index (χ4v) is 1.28. The van der Waals surface area contributed by atoms with E-state index in [0.29, 0.717) is 18.8 Å². The number of hydrogen-bond acceptors (Lipinski definition) is 3. The van der Waals surface area contributed by atoms with Crippen LogP contribution >= 0.6 is 0 Å². The lowest BCUT2D eigenvalue weighted by atomic mass is 10.3. The van der Waals surface area contributed by atoms with Crippen LogP contribution in [0.1, 0.15) is 18.6 Å². The monoisotopic (exact) mass is 183 g/mol. The Bertz CT molecular complexity index is 249. The normalized spacial score (nSPS) is 28.1. The highest BCUT2D eigenvalue weighted by Crippen LogP contribution is 2.25. The Morgan fingerprint density at radius 1 is 1.62 bits per heavy atom. The van der Waals surface area contributed by atoms with Crippen LogP contribution in [0, 0.1) is 0 Å². The molecule has 2 rings (SSSR count). The molecule has 13 heavy (non-hydrogen) atoms. The number of furan rings is 1. The van der Waals surface area contributed by atoms with Gasteiger partial charge in [0.15, 0.2) is 0 Å². The van der Waals surface area contributed by atoms with Crippen molar-refractivity contribution in [1.29, 1.82) is 0 Å². The van der Waals surface area contributed by atoms with Gasteiger partial charge in [-0.15, -0.1) is 0 Å². The summed E-state index contributed by atoms with van der Waals surface area (Å²) >= 11 is 0. The fourth-order valence-electron chi connectivity index (χ4n) is 1.28. The third kappa shape index (κ3) is 2.09. The zero-order chi connectivity index (χ0) is 9.15. The minimum absolute atomic E-state index is 0.177. The Morgan fingerprint density at radius 2 is 2.54 bits per heavy atom. The van der Waals surface area contributed by atoms with E-state index in [9.17, 15) is 5.11 Å². The summed E-state index contributed by atoms with van der Waals surface area (Å²) in [6, 6.07) is 3.52. The zero-order valence-corrected chi connectivity index (χ0v) is 7.19. The summed E-state index contributed by atoms with van der Waals surface area (Å²) < 4.78 is 15.0. The molecule has 1 radical (unpaired) electrons. The molecular formula is C9H11O4. The Hall–Kier alpha value is -0.840. The van der Waals surface area contributed by atoms with E-state index in [1.807, 2.05) is 0 Å². The van der Waals surface area contributed by atoms with E-state index in [2.05, 4.69) is 0 Å². The van der Waals surface area contributed by atoms with Gasteiger partial charge in [-0.25, -0.2) is 0 Å². The van der Waals surface area contributed by atoms with Gasteiger partial charge in [0.1, 0.15) is 12.4 Å². The molecule has 0 aromatic carbocycles. The molecule has 0 amide bonds. The molecule has 1 atom stereocenters. The molecule has 1 aliphatic heterocycles. The van der Waals surface area contributed by atoms with Gasteiger partial charge < -0.3 is 13.9 Å². The van der Waals surface area contributed by atoms with Crippen LogP contribution in [-0.2, 0) is 21.2 Å². The lowest BCUT2D eigenvalue weighted by Crippen LogP contribution is -2.28. The van der Waals surface area contributed by atoms with Gasteiger partial charge in [-0.2, -0.15) is 5.11 Å². The Kier molecular flexibility index (Phi) is 2.35. The van der Waals surface area contributed by atoms with Gasteiger partial charge in [-0.05, 0) is 18.6 Å². The van der Waals surface area contributed by atoms with Gasteiger partial charge in [0, 0.05) is 6.42 Å². The first-order chi connectivity index (χ1) is 6.29. The maximum atomic E-state index is 11.5. The number of rotatable bonds is 3. The van der Waals surface area contributed by atoms with Crippen LogP contribution in [0.15, 0.2) is 22.8 Å². The molecule has 4 nitrogen and oxygen atoms in total. The van der Waals surface area contributed by atoms with Crippen LogP contribution in [0.2, 0.25) is 0 Å². The molecule has 1 aliphatic rings. The van der Waals surface area contributed by atoms with E-state index in [0.717, 1.165) is 6.42 Å². The highest BCUT2D eigenvalue weighted by molar-refractivity contribution is 4.96. The molecule has 4 heteroatoms.